The van der Waals surface area contributed by atoms with Gasteiger partial charge in [-0.2, -0.15) is 4.31 Å². The number of hydrogen-bond donors (Lipinski definition) is 0. The zero-order valence-electron chi connectivity index (χ0n) is 13.6. The maximum atomic E-state index is 12.6. The lowest BCUT2D eigenvalue weighted by Gasteiger charge is -2.18. The molecule has 3 rings (SSSR count). The van der Waals surface area contributed by atoms with Crippen LogP contribution in [0.25, 0.3) is 0 Å². The van der Waals surface area contributed by atoms with Gasteiger partial charge in [-0.3, -0.25) is 4.98 Å². The quantitative estimate of drug-likeness (QED) is 0.850. The molecule has 0 radical (unpaired) electrons. The standard InChI is InChI=1S/C16H21N3O2S2/c1-12-9-14(18(2)3)10-15(17-12)13-6-7-19(11-13)23(20,21)16-5-4-8-22-16/h4-5,8-10,13H,6-7,11H2,1-3H3/t13-/m1/s1. The molecule has 1 aliphatic rings. The van der Waals surface area contributed by atoms with Crippen LogP contribution in [0.3, 0.4) is 0 Å². The predicted molar refractivity (Wildman–Crippen MR) is 93.7 cm³/mol. The van der Waals surface area contributed by atoms with Gasteiger partial charge in [0.2, 0.25) is 0 Å². The van der Waals surface area contributed by atoms with Gasteiger partial charge < -0.3 is 4.90 Å². The van der Waals surface area contributed by atoms with Gasteiger partial charge >= 0.3 is 0 Å². The van der Waals surface area contributed by atoms with Crippen molar-refractivity contribution in [3.63, 3.8) is 0 Å². The average molecular weight is 351 g/mol. The molecule has 0 amide bonds. The normalized spacial score (nSPS) is 19.2. The Morgan fingerprint density at radius 1 is 1.35 bits per heavy atom. The van der Waals surface area contributed by atoms with Gasteiger partial charge in [0.1, 0.15) is 4.21 Å². The smallest absolute Gasteiger partial charge is 0.252 e. The minimum absolute atomic E-state index is 0.156. The Balaban J connectivity index is 1.83. The highest BCUT2D eigenvalue weighted by Crippen LogP contribution is 2.32. The van der Waals surface area contributed by atoms with E-state index in [-0.39, 0.29) is 5.92 Å². The van der Waals surface area contributed by atoms with Crippen LogP contribution in [0.15, 0.2) is 33.9 Å². The van der Waals surface area contributed by atoms with E-state index < -0.39 is 10.0 Å². The number of hydrogen-bond acceptors (Lipinski definition) is 5. The van der Waals surface area contributed by atoms with Crippen LogP contribution in [0.4, 0.5) is 5.69 Å². The Morgan fingerprint density at radius 3 is 2.78 bits per heavy atom. The Morgan fingerprint density at radius 2 is 2.13 bits per heavy atom. The molecule has 0 unspecified atom stereocenters. The summed E-state index contributed by atoms with van der Waals surface area (Å²) in [5.74, 6) is 0.156. The molecule has 5 nitrogen and oxygen atoms in total. The fourth-order valence-electron chi connectivity index (χ4n) is 2.87. The first-order valence-electron chi connectivity index (χ1n) is 7.57. The summed E-state index contributed by atoms with van der Waals surface area (Å²) in [7, 11) is 0.642. The fraction of sp³-hybridized carbons (Fsp3) is 0.438. The van der Waals surface area contributed by atoms with E-state index in [4.69, 9.17) is 0 Å². The molecule has 1 fully saturated rings. The van der Waals surface area contributed by atoms with E-state index in [0.29, 0.717) is 17.3 Å². The maximum Gasteiger partial charge on any atom is 0.252 e. The molecule has 2 aromatic heterocycles. The minimum atomic E-state index is -3.36. The summed E-state index contributed by atoms with van der Waals surface area (Å²) in [6, 6.07) is 7.55. The predicted octanol–water partition coefficient (Wildman–Crippen LogP) is 2.70. The van der Waals surface area contributed by atoms with Crippen molar-refractivity contribution in [3.8, 4) is 0 Å². The molecule has 23 heavy (non-hydrogen) atoms. The number of thiophene rings is 1. The highest BCUT2D eigenvalue weighted by Gasteiger charge is 2.34. The second-order valence-electron chi connectivity index (χ2n) is 6.07. The van der Waals surface area contributed by atoms with Crippen LogP contribution in [0.1, 0.15) is 23.7 Å². The van der Waals surface area contributed by atoms with Crippen LogP contribution in [-0.4, -0.2) is 44.9 Å². The van der Waals surface area contributed by atoms with Crippen LogP contribution in [0, 0.1) is 6.92 Å². The summed E-state index contributed by atoms with van der Waals surface area (Å²) >= 11 is 1.27. The maximum absolute atomic E-state index is 12.6. The molecule has 3 heterocycles. The molecule has 0 bridgehead atoms. The van der Waals surface area contributed by atoms with Crippen molar-refractivity contribution in [1.82, 2.24) is 9.29 Å². The third-order valence-electron chi connectivity index (χ3n) is 4.13. The largest absolute Gasteiger partial charge is 0.378 e. The van der Waals surface area contributed by atoms with Crippen LogP contribution >= 0.6 is 11.3 Å². The first-order valence-corrected chi connectivity index (χ1v) is 9.89. The molecule has 7 heteroatoms. The van der Waals surface area contributed by atoms with Gasteiger partial charge in [0.05, 0.1) is 0 Å². The lowest BCUT2D eigenvalue weighted by molar-refractivity contribution is 0.474. The molecular formula is C16H21N3O2S2. The number of rotatable bonds is 4. The number of nitrogens with zero attached hydrogens (tertiary/aromatic N) is 3. The van der Waals surface area contributed by atoms with Crippen LogP contribution in [0.2, 0.25) is 0 Å². The van der Waals surface area contributed by atoms with Crippen molar-refractivity contribution in [2.75, 3.05) is 32.1 Å². The highest BCUT2D eigenvalue weighted by atomic mass is 32.2. The third kappa shape index (κ3) is 3.27. The second-order valence-corrected chi connectivity index (χ2v) is 9.18. The number of aromatic nitrogens is 1. The minimum Gasteiger partial charge on any atom is -0.378 e. The second kappa shape index (κ2) is 6.22. The van der Waals surface area contributed by atoms with Crippen LogP contribution in [0.5, 0.6) is 0 Å². The highest BCUT2D eigenvalue weighted by molar-refractivity contribution is 7.91. The summed E-state index contributed by atoms with van der Waals surface area (Å²) in [5.41, 5.74) is 3.05. The zero-order valence-corrected chi connectivity index (χ0v) is 15.2. The van der Waals surface area contributed by atoms with Crippen LogP contribution in [-0.2, 0) is 10.0 Å². The summed E-state index contributed by atoms with van der Waals surface area (Å²) in [4.78, 5) is 6.68. The van der Waals surface area contributed by atoms with E-state index in [1.165, 1.54) is 11.3 Å². The fourth-order valence-corrected chi connectivity index (χ4v) is 5.51. The van der Waals surface area contributed by atoms with E-state index in [1.54, 1.807) is 21.8 Å². The molecule has 2 aromatic rings. The summed E-state index contributed by atoms with van der Waals surface area (Å²) < 4.78 is 27.3. The molecule has 0 N–H and O–H groups in total. The van der Waals surface area contributed by atoms with Crippen molar-refractivity contribution in [2.45, 2.75) is 23.5 Å². The van der Waals surface area contributed by atoms with Crippen molar-refractivity contribution >= 4 is 27.0 Å². The lowest BCUT2D eigenvalue weighted by atomic mass is 10.0. The van der Waals surface area contributed by atoms with E-state index in [2.05, 4.69) is 11.1 Å². The zero-order chi connectivity index (χ0) is 16.6. The molecule has 1 saturated heterocycles. The van der Waals surface area contributed by atoms with E-state index in [1.807, 2.05) is 32.0 Å². The number of aryl methyl sites for hydroxylation is 1. The third-order valence-corrected chi connectivity index (χ3v) is 7.37. The molecule has 0 spiro atoms. The van der Waals surface area contributed by atoms with Gasteiger partial charge in [-0.05, 0) is 36.9 Å². The SMILES string of the molecule is Cc1cc(N(C)C)cc([C@@H]2CCN(S(=O)(=O)c3cccs3)C2)n1. The van der Waals surface area contributed by atoms with Crippen LogP contribution < -0.4 is 4.90 Å². The Bertz CT molecular complexity index is 786. The molecule has 1 aliphatic heterocycles. The van der Waals surface area contributed by atoms with E-state index in [0.717, 1.165) is 23.5 Å². The molecule has 1 atom stereocenters. The Hall–Kier alpha value is -1.44. The van der Waals surface area contributed by atoms with Gasteiger partial charge in [0.25, 0.3) is 10.0 Å². The summed E-state index contributed by atoms with van der Waals surface area (Å²) in [5, 5.41) is 1.80. The van der Waals surface area contributed by atoms with E-state index in [9.17, 15) is 8.42 Å². The van der Waals surface area contributed by atoms with Gasteiger partial charge in [0, 0.05) is 50.2 Å². The van der Waals surface area contributed by atoms with Gasteiger partial charge in [0.15, 0.2) is 0 Å². The Labute approximate surface area is 141 Å². The molecule has 0 aromatic carbocycles. The Kier molecular flexibility index (Phi) is 4.44. The number of anilines is 1. The van der Waals surface area contributed by atoms with Gasteiger partial charge in [-0.1, -0.05) is 6.07 Å². The molecule has 0 aliphatic carbocycles. The van der Waals surface area contributed by atoms with Gasteiger partial charge in [-0.15, -0.1) is 11.3 Å². The van der Waals surface area contributed by atoms with Gasteiger partial charge in [-0.25, -0.2) is 8.42 Å². The summed E-state index contributed by atoms with van der Waals surface area (Å²) in [6.45, 7) is 3.03. The average Bonchev–Trinajstić information content (AvgIpc) is 3.18. The molecule has 124 valence electrons. The summed E-state index contributed by atoms with van der Waals surface area (Å²) in [6.07, 6.45) is 0.813. The molecule has 0 saturated carbocycles. The molecular weight excluding hydrogens is 330 g/mol. The van der Waals surface area contributed by atoms with Crippen molar-refractivity contribution in [3.05, 3.63) is 41.0 Å². The number of pyridine rings is 1. The lowest BCUT2D eigenvalue weighted by Crippen LogP contribution is -2.28. The number of sulfonamides is 1. The van der Waals surface area contributed by atoms with E-state index >= 15 is 0 Å². The first-order chi connectivity index (χ1) is 10.9. The van der Waals surface area contributed by atoms with Crippen molar-refractivity contribution in [1.29, 1.82) is 0 Å². The monoisotopic (exact) mass is 351 g/mol. The topological polar surface area (TPSA) is 53.5 Å². The van der Waals surface area contributed by atoms with Crippen molar-refractivity contribution in [2.24, 2.45) is 0 Å². The first kappa shape index (κ1) is 16.4. The van der Waals surface area contributed by atoms with Crippen molar-refractivity contribution < 1.29 is 8.42 Å².